The van der Waals surface area contributed by atoms with E-state index in [1.807, 2.05) is 17.0 Å². The van der Waals surface area contributed by atoms with Crippen LogP contribution in [0, 0.1) is 5.92 Å². The predicted molar refractivity (Wildman–Crippen MR) is 104 cm³/mol. The van der Waals surface area contributed by atoms with Gasteiger partial charge < -0.3 is 24.1 Å². The Morgan fingerprint density at radius 3 is 2.54 bits per heavy atom. The zero-order valence-corrected chi connectivity index (χ0v) is 16.3. The number of likely N-dealkylation sites (tertiary alicyclic amines) is 1. The van der Waals surface area contributed by atoms with Gasteiger partial charge in [-0.25, -0.2) is 0 Å². The fourth-order valence-corrected chi connectivity index (χ4v) is 3.41. The number of ether oxygens (including phenoxy) is 2. The first-order chi connectivity index (χ1) is 13.6. The van der Waals surface area contributed by atoms with E-state index in [2.05, 4.69) is 5.32 Å². The molecule has 1 aromatic heterocycles. The molecular weight excluding hydrogens is 360 g/mol. The molecule has 1 aromatic carbocycles. The Morgan fingerprint density at radius 1 is 1.14 bits per heavy atom. The number of hydrogen-bond donors (Lipinski definition) is 1. The van der Waals surface area contributed by atoms with Crippen LogP contribution in [0.5, 0.6) is 11.5 Å². The lowest BCUT2D eigenvalue weighted by molar-refractivity contribution is -0.120. The molecule has 2 aromatic rings. The second-order valence-electron chi connectivity index (χ2n) is 6.92. The first-order valence-corrected chi connectivity index (χ1v) is 9.39. The van der Waals surface area contributed by atoms with E-state index in [1.54, 1.807) is 26.4 Å². The molecule has 1 N–H and O–H groups in total. The lowest BCUT2D eigenvalue weighted by Gasteiger charge is -2.31. The maximum atomic E-state index is 12.3. The van der Waals surface area contributed by atoms with Gasteiger partial charge in [0.2, 0.25) is 5.91 Å². The number of rotatable bonds is 7. The number of nitrogens with one attached hydrogen (secondary N) is 1. The van der Waals surface area contributed by atoms with Crippen molar-refractivity contribution < 1.29 is 23.5 Å². The number of benzene rings is 1. The fourth-order valence-electron chi connectivity index (χ4n) is 3.41. The molecule has 1 aliphatic heterocycles. The van der Waals surface area contributed by atoms with Crippen molar-refractivity contribution in [3.05, 3.63) is 47.9 Å². The number of furan rings is 1. The third-order valence-electron chi connectivity index (χ3n) is 5.07. The highest BCUT2D eigenvalue weighted by atomic mass is 16.5. The van der Waals surface area contributed by atoms with Crippen LogP contribution in [-0.4, -0.2) is 50.6 Å². The Bertz CT molecular complexity index is 795. The second kappa shape index (κ2) is 9.30. The Hall–Kier alpha value is -2.96. The monoisotopic (exact) mass is 386 g/mol. The maximum Gasteiger partial charge on any atom is 0.257 e. The third-order valence-corrected chi connectivity index (χ3v) is 5.07. The van der Waals surface area contributed by atoms with Gasteiger partial charge in [-0.2, -0.15) is 0 Å². The van der Waals surface area contributed by atoms with E-state index < -0.39 is 0 Å². The van der Waals surface area contributed by atoms with Gasteiger partial charge in [-0.3, -0.25) is 9.59 Å². The zero-order valence-electron chi connectivity index (χ0n) is 16.3. The summed E-state index contributed by atoms with van der Waals surface area (Å²) in [6.45, 7) is 2.01. The molecule has 1 fully saturated rings. The average Bonchev–Trinajstić information content (AvgIpc) is 3.27. The zero-order chi connectivity index (χ0) is 19.9. The van der Waals surface area contributed by atoms with Gasteiger partial charge in [0.05, 0.1) is 32.5 Å². The number of carbonyl (C=O) groups is 2. The van der Waals surface area contributed by atoms with E-state index in [4.69, 9.17) is 13.9 Å². The first-order valence-electron chi connectivity index (χ1n) is 9.39. The lowest BCUT2D eigenvalue weighted by Crippen LogP contribution is -2.41. The summed E-state index contributed by atoms with van der Waals surface area (Å²) in [6, 6.07) is 7.16. The van der Waals surface area contributed by atoms with Gasteiger partial charge in [-0.05, 0) is 42.5 Å². The minimum Gasteiger partial charge on any atom is -0.493 e. The summed E-state index contributed by atoms with van der Waals surface area (Å²) in [5, 5.41) is 3.01. The summed E-state index contributed by atoms with van der Waals surface area (Å²) < 4.78 is 15.5. The molecule has 0 spiro atoms. The molecule has 0 radical (unpaired) electrons. The van der Waals surface area contributed by atoms with E-state index in [0.717, 1.165) is 18.4 Å². The molecule has 3 rings (SSSR count). The number of amides is 2. The van der Waals surface area contributed by atoms with Crippen LogP contribution >= 0.6 is 0 Å². The van der Waals surface area contributed by atoms with Crippen LogP contribution in [0.4, 0.5) is 0 Å². The molecule has 7 heteroatoms. The van der Waals surface area contributed by atoms with E-state index in [0.29, 0.717) is 42.6 Å². The molecular formula is C21H26N2O5. The molecule has 0 aliphatic carbocycles. The molecule has 0 atom stereocenters. The smallest absolute Gasteiger partial charge is 0.257 e. The largest absolute Gasteiger partial charge is 0.493 e. The standard InChI is InChI=1S/C21H26N2O5/c1-26-18-4-3-16(11-19(18)27-2)12-20(24)22-13-15-5-8-23(9-6-15)21(25)17-7-10-28-14-17/h3-4,7,10-11,14-15H,5-6,8-9,12-13H2,1-2H3,(H,22,24). The van der Waals surface area contributed by atoms with Gasteiger partial charge in [-0.15, -0.1) is 0 Å². The summed E-state index contributed by atoms with van der Waals surface area (Å²) in [5.41, 5.74) is 1.46. The summed E-state index contributed by atoms with van der Waals surface area (Å²) in [6.07, 6.45) is 5.02. The minimum atomic E-state index is -0.0240. The Balaban J connectivity index is 1.43. The van der Waals surface area contributed by atoms with Crippen molar-refractivity contribution in [2.75, 3.05) is 33.9 Å². The van der Waals surface area contributed by atoms with Gasteiger partial charge in [0.1, 0.15) is 6.26 Å². The minimum absolute atomic E-state index is 0.00434. The maximum absolute atomic E-state index is 12.3. The molecule has 28 heavy (non-hydrogen) atoms. The normalized spacial score (nSPS) is 14.6. The second-order valence-corrected chi connectivity index (χ2v) is 6.92. The van der Waals surface area contributed by atoms with E-state index >= 15 is 0 Å². The van der Waals surface area contributed by atoms with Crippen LogP contribution in [0.15, 0.2) is 41.2 Å². The van der Waals surface area contributed by atoms with Gasteiger partial charge in [-0.1, -0.05) is 6.07 Å². The van der Waals surface area contributed by atoms with Crippen molar-refractivity contribution in [1.82, 2.24) is 10.2 Å². The molecule has 150 valence electrons. The summed E-state index contributed by atoms with van der Waals surface area (Å²) in [7, 11) is 3.16. The van der Waals surface area contributed by atoms with Gasteiger partial charge >= 0.3 is 0 Å². The van der Waals surface area contributed by atoms with Crippen LogP contribution in [0.2, 0.25) is 0 Å². The van der Waals surface area contributed by atoms with E-state index in [-0.39, 0.29) is 18.2 Å². The van der Waals surface area contributed by atoms with Crippen LogP contribution in [0.1, 0.15) is 28.8 Å². The summed E-state index contributed by atoms with van der Waals surface area (Å²) >= 11 is 0. The van der Waals surface area contributed by atoms with Gasteiger partial charge in [0.15, 0.2) is 11.5 Å². The van der Waals surface area contributed by atoms with Gasteiger partial charge in [0.25, 0.3) is 5.91 Å². The van der Waals surface area contributed by atoms with Crippen LogP contribution in [-0.2, 0) is 11.2 Å². The summed E-state index contributed by atoms with van der Waals surface area (Å²) in [4.78, 5) is 26.4. The number of hydrogen-bond acceptors (Lipinski definition) is 5. The molecule has 1 aliphatic rings. The van der Waals surface area contributed by atoms with Crippen LogP contribution < -0.4 is 14.8 Å². The number of nitrogens with zero attached hydrogens (tertiary/aromatic N) is 1. The molecule has 0 unspecified atom stereocenters. The van der Waals surface area contributed by atoms with Crippen LogP contribution in [0.3, 0.4) is 0 Å². The van der Waals surface area contributed by atoms with E-state index in [9.17, 15) is 9.59 Å². The molecule has 1 saturated heterocycles. The number of piperidine rings is 1. The number of methoxy groups -OCH3 is 2. The molecule has 2 heterocycles. The third kappa shape index (κ3) is 4.85. The van der Waals surface area contributed by atoms with E-state index in [1.165, 1.54) is 12.5 Å². The first kappa shape index (κ1) is 19.8. The van der Waals surface area contributed by atoms with Crippen molar-refractivity contribution in [2.24, 2.45) is 5.92 Å². The van der Waals surface area contributed by atoms with Crippen LogP contribution in [0.25, 0.3) is 0 Å². The van der Waals surface area contributed by atoms with Gasteiger partial charge in [0, 0.05) is 19.6 Å². The topological polar surface area (TPSA) is 81.0 Å². The molecule has 7 nitrogen and oxygen atoms in total. The van der Waals surface area contributed by atoms with Crippen molar-refractivity contribution in [3.63, 3.8) is 0 Å². The predicted octanol–water partition coefficient (Wildman–Crippen LogP) is 2.51. The van der Waals surface area contributed by atoms with Crippen molar-refractivity contribution >= 4 is 11.8 Å². The van der Waals surface area contributed by atoms with Crippen molar-refractivity contribution in [3.8, 4) is 11.5 Å². The highest BCUT2D eigenvalue weighted by Crippen LogP contribution is 2.27. The highest BCUT2D eigenvalue weighted by molar-refractivity contribution is 5.93. The fraction of sp³-hybridized carbons (Fsp3) is 0.429. The number of carbonyl (C=O) groups excluding carboxylic acids is 2. The Labute approximate surface area is 164 Å². The highest BCUT2D eigenvalue weighted by Gasteiger charge is 2.24. The SMILES string of the molecule is COc1ccc(CC(=O)NCC2CCN(C(=O)c3ccoc3)CC2)cc1OC. The molecule has 2 amide bonds. The Kier molecular flexibility index (Phi) is 6.57. The quantitative estimate of drug-likeness (QED) is 0.791. The lowest BCUT2D eigenvalue weighted by atomic mass is 9.96. The molecule has 0 saturated carbocycles. The van der Waals surface area contributed by atoms with Crippen molar-refractivity contribution in [1.29, 1.82) is 0 Å². The molecule has 0 bridgehead atoms. The average molecular weight is 386 g/mol. The Morgan fingerprint density at radius 2 is 1.89 bits per heavy atom. The summed E-state index contributed by atoms with van der Waals surface area (Å²) in [5.74, 6) is 1.61. The van der Waals surface area contributed by atoms with Crippen molar-refractivity contribution in [2.45, 2.75) is 19.3 Å².